The van der Waals surface area contributed by atoms with Crippen molar-refractivity contribution in [2.24, 2.45) is 0 Å². The number of methoxy groups -OCH3 is 1. The molecule has 0 radical (unpaired) electrons. The zero-order chi connectivity index (χ0) is 10.7. The molecule has 2 rings (SSSR count). The van der Waals surface area contributed by atoms with Crippen LogP contribution in [0.2, 0.25) is 0 Å². The summed E-state index contributed by atoms with van der Waals surface area (Å²) in [5.74, 6) is 0.602. The van der Waals surface area contributed by atoms with Crippen LogP contribution in [0.15, 0.2) is 24.3 Å². The van der Waals surface area contributed by atoms with Crippen LogP contribution in [-0.4, -0.2) is 26.1 Å². The topological polar surface area (TPSA) is 27.7 Å². The fourth-order valence-corrected chi connectivity index (χ4v) is 2.03. The highest BCUT2D eigenvalue weighted by Gasteiger charge is 2.37. The van der Waals surface area contributed by atoms with Crippen LogP contribution in [0.4, 0.5) is 0 Å². The Labute approximate surface area is 94.7 Å². The first-order chi connectivity index (χ1) is 7.30. The molecular formula is C11H14O3S. The summed E-state index contributed by atoms with van der Waals surface area (Å²) in [7, 11) is 1.64. The van der Waals surface area contributed by atoms with Crippen molar-refractivity contribution in [3.05, 3.63) is 29.8 Å². The summed E-state index contributed by atoms with van der Waals surface area (Å²) < 4.78 is 16.4. The second-order valence-corrected chi connectivity index (χ2v) is 3.66. The summed E-state index contributed by atoms with van der Waals surface area (Å²) >= 11 is 4.29. The van der Waals surface area contributed by atoms with Crippen LogP contribution in [-0.2, 0) is 15.3 Å². The molecule has 1 saturated heterocycles. The Morgan fingerprint density at radius 1 is 1.40 bits per heavy atom. The fourth-order valence-electron chi connectivity index (χ4n) is 1.66. The van der Waals surface area contributed by atoms with E-state index < -0.39 is 5.79 Å². The molecular weight excluding hydrogens is 212 g/mol. The standard InChI is InChI=1S/C11H14O3S/c1-12-10-4-2-3-9(7-10)11(8-15)13-5-6-14-11/h2-4,7,15H,5-6,8H2,1H3. The fraction of sp³-hybridized carbons (Fsp3) is 0.455. The summed E-state index contributed by atoms with van der Waals surface area (Å²) in [6.07, 6.45) is 0. The van der Waals surface area contributed by atoms with Gasteiger partial charge in [0.2, 0.25) is 5.79 Å². The van der Waals surface area contributed by atoms with Crippen LogP contribution in [0, 0.1) is 0 Å². The van der Waals surface area contributed by atoms with Gasteiger partial charge >= 0.3 is 0 Å². The van der Waals surface area contributed by atoms with E-state index in [1.165, 1.54) is 0 Å². The van der Waals surface area contributed by atoms with Crippen molar-refractivity contribution < 1.29 is 14.2 Å². The molecule has 0 spiro atoms. The number of benzene rings is 1. The monoisotopic (exact) mass is 226 g/mol. The second kappa shape index (κ2) is 4.43. The molecule has 0 aliphatic carbocycles. The lowest BCUT2D eigenvalue weighted by Crippen LogP contribution is -2.29. The van der Waals surface area contributed by atoms with Gasteiger partial charge in [-0.2, -0.15) is 12.6 Å². The molecule has 0 unspecified atom stereocenters. The van der Waals surface area contributed by atoms with Gasteiger partial charge in [-0.1, -0.05) is 12.1 Å². The SMILES string of the molecule is COc1cccc(C2(CS)OCCO2)c1. The first-order valence-electron chi connectivity index (χ1n) is 4.84. The predicted molar refractivity (Wildman–Crippen MR) is 60.4 cm³/mol. The van der Waals surface area contributed by atoms with Gasteiger partial charge in [0.15, 0.2) is 0 Å². The minimum absolute atomic E-state index is 0.500. The van der Waals surface area contributed by atoms with Gasteiger partial charge in [0.05, 0.1) is 20.3 Å². The van der Waals surface area contributed by atoms with E-state index in [4.69, 9.17) is 14.2 Å². The lowest BCUT2D eigenvalue weighted by atomic mass is 10.1. The Hall–Kier alpha value is -0.710. The number of hydrogen-bond donors (Lipinski definition) is 1. The lowest BCUT2D eigenvalue weighted by molar-refractivity contribution is -0.145. The van der Waals surface area contributed by atoms with E-state index >= 15 is 0 Å². The maximum atomic E-state index is 5.62. The third-order valence-corrected chi connectivity index (χ3v) is 2.89. The molecule has 3 nitrogen and oxygen atoms in total. The van der Waals surface area contributed by atoms with Crippen molar-refractivity contribution in [2.45, 2.75) is 5.79 Å². The lowest BCUT2D eigenvalue weighted by Gasteiger charge is -2.26. The highest BCUT2D eigenvalue weighted by atomic mass is 32.1. The van der Waals surface area contributed by atoms with E-state index in [2.05, 4.69) is 12.6 Å². The largest absolute Gasteiger partial charge is 0.497 e. The first-order valence-corrected chi connectivity index (χ1v) is 5.47. The molecule has 82 valence electrons. The smallest absolute Gasteiger partial charge is 0.204 e. The van der Waals surface area contributed by atoms with E-state index in [0.29, 0.717) is 19.0 Å². The number of rotatable bonds is 3. The van der Waals surface area contributed by atoms with Crippen LogP contribution in [0.25, 0.3) is 0 Å². The van der Waals surface area contributed by atoms with Crippen LogP contribution >= 0.6 is 12.6 Å². The maximum absolute atomic E-state index is 5.62. The van der Waals surface area contributed by atoms with E-state index in [0.717, 1.165) is 11.3 Å². The Morgan fingerprint density at radius 2 is 2.13 bits per heavy atom. The summed E-state index contributed by atoms with van der Waals surface area (Å²) in [6, 6.07) is 7.70. The minimum Gasteiger partial charge on any atom is -0.497 e. The quantitative estimate of drug-likeness (QED) is 0.797. The minimum atomic E-state index is -0.697. The van der Waals surface area contributed by atoms with Crippen molar-refractivity contribution in [2.75, 3.05) is 26.1 Å². The Kier molecular flexibility index (Phi) is 3.19. The molecule has 1 aromatic rings. The molecule has 1 aliphatic rings. The molecule has 0 amide bonds. The molecule has 0 bridgehead atoms. The third kappa shape index (κ3) is 1.97. The molecule has 1 fully saturated rings. The van der Waals surface area contributed by atoms with Crippen LogP contribution in [0.3, 0.4) is 0 Å². The molecule has 4 heteroatoms. The van der Waals surface area contributed by atoms with Gasteiger partial charge in [0.25, 0.3) is 0 Å². The zero-order valence-electron chi connectivity index (χ0n) is 8.60. The molecule has 0 aromatic heterocycles. The highest BCUT2D eigenvalue weighted by Crippen LogP contribution is 2.34. The highest BCUT2D eigenvalue weighted by molar-refractivity contribution is 7.80. The third-order valence-electron chi connectivity index (χ3n) is 2.47. The summed E-state index contributed by atoms with van der Waals surface area (Å²) in [4.78, 5) is 0. The van der Waals surface area contributed by atoms with Gasteiger partial charge in [-0.25, -0.2) is 0 Å². The predicted octanol–water partition coefficient (Wildman–Crippen LogP) is 1.82. The molecule has 1 aliphatic heterocycles. The second-order valence-electron chi connectivity index (χ2n) is 3.34. The average Bonchev–Trinajstić information content (AvgIpc) is 2.79. The number of hydrogen-bond acceptors (Lipinski definition) is 4. The Morgan fingerprint density at radius 3 is 2.73 bits per heavy atom. The van der Waals surface area contributed by atoms with Crippen molar-refractivity contribution in [1.29, 1.82) is 0 Å². The number of thiol groups is 1. The van der Waals surface area contributed by atoms with Crippen LogP contribution in [0.5, 0.6) is 5.75 Å². The molecule has 0 N–H and O–H groups in total. The molecule has 15 heavy (non-hydrogen) atoms. The summed E-state index contributed by atoms with van der Waals surface area (Å²) in [5.41, 5.74) is 0.953. The van der Waals surface area contributed by atoms with Crippen molar-refractivity contribution in [1.82, 2.24) is 0 Å². The molecule has 0 saturated carbocycles. The van der Waals surface area contributed by atoms with Crippen LogP contribution < -0.4 is 4.74 Å². The summed E-state index contributed by atoms with van der Waals surface area (Å²) in [6.45, 7) is 1.22. The zero-order valence-corrected chi connectivity index (χ0v) is 9.50. The molecule has 1 aromatic carbocycles. The van der Waals surface area contributed by atoms with E-state index in [1.54, 1.807) is 7.11 Å². The average molecular weight is 226 g/mol. The van der Waals surface area contributed by atoms with E-state index in [-0.39, 0.29) is 0 Å². The van der Waals surface area contributed by atoms with Crippen molar-refractivity contribution in [3.8, 4) is 5.75 Å². The van der Waals surface area contributed by atoms with Gasteiger partial charge in [-0.15, -0.1) is 0 Å². The Balaban J connectivity index is 2.33. The van der Waals surface area contributed by atoms with Gasteiger partial charge in [-0.05, 0) is 12.1 Å². The summed E-state index contributed by atoms with van der Waals surface area (Å²) in [5, 5.41) is 0. The van der Waals surface area contributed by atoms with Gasteiger partial charge < -0.3 is 14.2 Å². The Bertz CT molecular complexity index is 334. The van der Waals surface area contributed by atoms with Crippen molar-refractivity contribution in [3.63, 3.8) is 0 Å². The van der Waals surface area contributed by atoms with Crippen LogP contribution in [0.1, 0.15) is 5.56 Å². The van der Waals surface area contributed by atoms with E-state index in [1.807, 2.05) is 24.3 Å². The first kappa shape index (κ1) is 10.8. The molecule has 0 atom stereocenters. The normalized spacial score (nSPS) is 19.1. The number of ether oxygens (including phenoxy) is 3. The van der Waals surface area contributed by atoms with Gasteiger partial charge in [0, 0.05) is 11.3 Å². The van der Waals surface area contributed by atoms with Gasteiger partial charge in [-0.3, -0.25) is 0 Å². The van der Waals surface area contributed by atoms with Crippen molar-refractivity contribution >= 4 is 12.6 Å². The van der Waals surface area contributed by atoms with Gasteiger partial charge in [0.1, 0.15) is 5.75 Å². The molecule has 1 heterocycles. The van der Waals surface area contributed by atoms with E-state index in [9.17, 15) is 0 Å². The maximum Gasteiger partial charge on any atom is 0.204 e.